The van der Waals surface area contributed by atoms with Crippen LogP contribution in [-0.4, -0.2) is 11.4 Å². The summed E-state index contributed by atoms with van der Waals surface area (Å²) in [6, 6.07) is 4.69. The van der Waals surface area contributed by atoms with E-state index in [4.69, 9.17) is 23.2 Å². The highest BCUT2D eigenvalue weighted by Crippen LogP contribution is 2.16. The van der Waals surface area contributed by atoms with Crippen LogP contribution in [0.1, 0.15) is 19.4 Å². The molecule has 0 aromatic heterocycles. The smallest absolute Gasteiger partial charge is 0.141 e. The first-order valence-corrected chi connectivity index (χ1v) is 5.61. The number of nitrogens with one attached hydrogen (secondary N) is 1. The van der Waals surface area contributed by atoms with Crippen LogP contribution in [0.25, 0.3) is 0 Å². The van der Waals surface area contributed by atoms with Gasteiger partial charge in [-0.3, -0.25) is 0 Å². The third-order valence-corrected chi connectivity index (χ3v) is 3.05. The minimum Gasteiger partial charge on any atom is -0.307 e. The summed E-state index contributed by atoms with van der Waals surface area (Å²) < 4.78 is 12.9. The molecule has 1 aromatic carbocycles. The first-order valence-electron chi connectivity index (χ1n) is 4.69. The summed E-state index contributed by atoms with van der Waals surface area (Å²) in [5.41, 5.74) is 0.808. The zero-order valence-electron chi connectivity index (χ0n) is 8.78. The van der Waals surface area contributed by atoms with Gasteiger partial charge >= 0.3 is 0 Å². The number of halogens is 3. The van der Waals surface area contributed by atoms with E-state index < -0.39 is 5.82 Å². The lowest BCUT2D eigenvalue weighted by molar-refractivity contribution is 0.429. The quantitative estimate of drug-likeness (QED) is 0.805. The molecule has 1 nitrogen and oxygen atoms in total. The Morgan fingerprint density at radius 2 is 2.07 bits per heavy atom. The molecule has 1 aromatic rings. The Labute approximate surface area is 99.6 Å². The van der Waals surface area contributed by atoms with Crippen LogP contribution in [0, 0.1) is 5.82 Å². The molecule has 0 aliphatic carbocycles. The highest BCUT2D eigenvalue weighted by atomic mass is 35.5. The van der Waals surface area contributed by atoms with Gasteiger partial charge in [0.15, 0.2) is 0 Å². The molecule has 0 atom stereocenters. The molecular weight excluding hydrogens is 236 g/mol. The lowest BCUT2D eigenvalue weighted by atomic mass is 10.1. The highest BCUT2D eigenvalue weighted by Gasteiger charge is 2.14. The first kappa shape index (κ1) is 12.8. The van der Waals surface area contributed by atoms with Gasteiger partial charge in [0, 0.05) is 18.0 Å². The summed E-state index contributed by atoms with van der Waals surface area (Å²) in [5, 5.41) is 3.41. The van der Waals surface area contributed by atoms with Crippen molar-refractivity contribution < 1.29 is 4.39 Å². The van der Waals surface area contributed by atoms with Crippen LogP contribution < -0.4 is 5.32 Å². The minimum atomic E-state index is -0.392. The van der Waals surface area contributed by atoms with Crippen molar-refractivity contribution >= 4 is 23.2 Å². The van der Waals surface area contributed by atoms with Crippen LogP contribution in [0.15, 0.2) is 18.2 Å². The molecule has 0 bridgehead atoms. The van der Waals surface area contributed by atoms with Crippen LogP contribution in [0.2, 0.25) is 5.02 Å². The van der Waals surface area contributed by atoms with E-state index >= 15 is 0 Å². The zero-order chi connectivity index (χ0) is 11.5. The molecular formula is C11H14Cl2FN. The van der Waals surface area contributed by atoms with Gasteiger partial charge < -0.3 is 5.32 Å². The Balaban J connectivity index is 2.62. The average Bonchev–Trinajstić information content (AvgIpc) is 2.20. The Bertz CT molecular complexity index is 339. The third kappa shape index (κ3) is 3.98. The highest BCUT2D eigenvalue weighted by molar-refractivity contribution is 6.30. The molecule has 0 saturated heterocycles. The zero-order valence-corrected chi connectivity index (χ0v) is 10.3. The summed E-state index contributed by atoms with van der Waals surface area (Å²) in [6.07, 6.45) is 0. The number of hydrogen-bond donors (Lipinski definition) is 1. The monoisotopic (exact) mass is 249 g/mol. The Morgan fingerprint density at radius 3 is 2.60 bits per heavy atom. The van der Waals surface area contributed by atoms with Gasteiger partial charge in [0.05, 0.1) is 5.02 Å². The Morgan fingerprint density at radius 1 is 1.40 bits per heavy atom. The van der Waals surface area contributed by atoms with Crippen molar-refractivity contribution in [2.24, 2.45) is 0 Å². The average molecular weight is 250 g/mol. The molecule has 1 rings (SSSR count). The summed E-state index contributed by atoms with van der Waals surface area (Å²) in [6.45, 7) is 4.63. The predicted octanol–water partition coefficient (Wildman–Crippen LogP) is 3.59. The molecule has 15 heavy (non-hydrogen) atoms. The van der Waals surface area contributed by atoms with Crippen molar-refractivity contribution in [3.63, 3.8) is 0 Å². The summed E-state index contributed by atoms with van der Waals surface area (Å²) in [7, 11) is 0. The number of hydrogen-bond acceptors (Lipinski definition) is 1. The minimum absolute atomic E-state index is 0.136. The lowest BCUT2D eigenvalue weighted by Crippen LogP contribution is -2.40. The van der Waals surface area contributed by atoms with Gasteiger partial charge in [0.2, 0.25) is 0 Å². The van der Waals surface area contributed by atoms with Crippen LogP contribution in [0.5, 0.6) is 0 Å². The molecule has 0 amide bonds. The van der Waals surface area contributed by atoms with Crippen molar-refractivity contribution in [1.29, 1.82) is 0 Å². The molecule has 0 unspecified atom stereocenters. The lowest BCUT2D eigenvalue weighted by Gasteiger charge is -2.23. The van der Waals surface area contributed by atoms with Gasteiger partial charge in [-0.25, -0.2) is 4.39 Å². The summed E-state index contributed by atoms with van der Waals surface area (Å²) in [5.74, 6) is 0.124. The SMILES string of the molecule is CC(C)(CCl)NCc1ccc(F)c(Cl)c1. The summed E-state index contributed by atoms with van der Waals surface area (Å²) in [4.78, 5) is 0. The van der Waals surface area contributed by atoms with Crippen LogP contribution in [0.4, 0.5) is 4.39 Å². The first-order chi connectivity index (χ1) is 6.94. The second-order valence-corrected chi connectivity index (χ2v) is 4.79. The molecule has 1 N–H and O–H groups in total. The van der Waals surface area contributed by atoms with Crippen molar-refractivity contribution in [3.05, 3.63) is 34.6 Å². The molecule has 84 valence electrons. The van der Waals surface area contributed by atoms with Gasteiger partial charge in [-0.15, -0.1) is 11.6 Å². The van der Waals surface area contributed by atoms with E-state index in [2.05, 4.69) is 5.32 Å². The Kier molecular flexibility index (Phi) is 4.38. The molecule has 4 heteroatoms. The van der Waals surface area contributed by atoms with Crippen molar-refractivity contribution in [2.75, 3.05) is 5.88 Å². The second-order valence-electron chi connectivity index (χ2n) is 4.12. The molecule has 0 saturated carbocycles. The van der Waals surface area contributed by atoms with Gasteiger partial charge in [-0.05, 0) is 31.5 Å². The third-order valence-electron chi connectivity index (χ3n) is 2.09. The molecule has 0 fully saturated rings. The normalized spacial score (nSPS) is 11.8. The van der Waals surface area contributed by atoms with Crippen LogP contribution >= 0.6 is 23.2 Å². The van der Waals surface area contributed by atoms with E-state index in [9.17, 15) is 4.39 Å². The van der Waals surface area contributed by atoms with E-state index in [1.54, 1.807) is 12.1 Å². The maximum atomic E-state index is 12.9. The van der Waals surface area contributed by atoms with Crippen molar-refractivity contribution in [3.8, 4) is 0 Å². The Hall–Kier alpha value is -0.310. The summed E-state index contributed by atoms with van der Waals surface area (Å²) >= 11 is 11.4. The molecule has 0 spiro atoms. The van der Waals surface area contributed by atoms with E-state index in [0.717, 1.165) is 5.56 Å². The van der Waals surface area contributed by atoms with Crippen molar-refractivity contribution in [2.45, 2.75) is 25.9 Å². The maximum absolute atomic E-state index is 12.9. The standard InChI is InChI=1S/C11H14Cl2FN/c1-11(2,7-12)15-6-8-3-4-10(14)9(13)5-8/h3-5,15H,6-7H2,1-2H3. The van der Waals surface area contributed by atoms with E-state index in [0.29, 0.717) is 12.4 Å². The van der Waals surface area contributed by atoms with Gasteiger partial charge in [0.1, 0.15) is 5.82 Å². The number of alkyl halides is 1. The molecule has 0 aliphatic rings. The number of benzene rings is 1. The largest absolute Gasteiger partial charge is 0.307 e. The number of rotatable bonds is 4. The predicted molar refractivity (Wildman–Crippen MR) is 63.0 cm³/mol. The fraction of sp³-hybridized carbons (Fsp3) is 0.455. The van der Waals surface area contributed by atoms with Gasteiger partial charge in [0.25, 0.3) is 0 Å². The van der Waals surface area contributed by atoms with E-state index in [1.807, 2.05) is 13.8 Å². The maximum Gasteiger partial charge on any atom is 0.141 e. The molecule has 0 radical (unpaired) electrons. The van der Waals surface area contributed by atoms with Gasteiger partial charge in [-0.2, -0.15) is 0 Å². The van der Waals surface area contributed by atoms with Crippen LogP contribution in [0.3, 0.4) is 0 Å². The fourth-order valence-corrected chi connectivity index (χ4v) is 1.34. The molecule has 0 aliphatic heterocycles. The topological polar surface area (TPSA) is 12.0 Å². The van der Waals surface area contributed by atoms with E-state index in [-0.39, 0.29) is 10.6 Å². The molecule has 0 heterocycles. The van der Waals surface area contributed by atoms with Crippen molar-refractivity contribution in [1.82, 2.24) is 5.32 Å². The van der Waals surface area contributed by atoms with Gasteiger partial charge in [-0.1, -0.05) is 17.7 Å². The van der Waals surface area contributed by atoms with E-state index in [1.165, 1.54) is 6.07 Å². The van der Waals surface area contributed by atoms with Crippen LogP contribution in [-0.2, 0) is 6.54 Å². The fourth-order valence-electron chi connectivity index (χ4n) is 1.04. The second kappa shape index (κ2) is 5.15.